The van der Waals surface area contributed by atoms with Gasteiger partial charge in [-0.05, 0) is 23.3 Å². The summed E-state index contributed by atoms with van der Waals surface area (Å²) in [5.41, 5.74) is 8.30. The predicted molar refractivity (Wildman–Crippen MR) is 101 cm³/mol. The highest BCUT2D eigenvalue weighted by molar-refractivity contribution is 5.91. The zero-order chi connectivity index (χ0) is 16.6. The maximum Gasteiger partial charge on any atom is 0.129 e. The Balaban J connectivity index is 1.82. The minimum absolute atomic E-state index is 0.583. The van der Waals surface area contributed by atoms with Crippen molar-refractivity contribution in [2.75, 3.05) is 0 Å². The van der Waals surface area contributed by atoms with E-state index in [0.29, 0.717) is 6.61 Å². The molecule has 0 atom stereocenters. The van der Waals surface area contributed by atoms with Crippen molar-refractivity contribution in [2.24, 2.45) is 0 Å². The van der Waals surface area contributed by atoms with Crippen LogP contribution in [-0.2, 0) is 6.61 Å². The molecule has 1 aromatic heterocycles. The smallest absolute Gasteiger partial charge is 0.129 e. The lowest BCUT2D eigenvalue weighted by molar-refractivity contribution is 0.303. The molecule has 0 amide bonds. The Bertz CT molecular complexity index is 1030. The highest BCUT2D eigenvalue weighted by Gasteiger charge is 2.26. The normalized spacial score (nSPS) is 12.2. The van der Waals surface area contributed by atoms with Gasteiger partial charge in [0.2, 0.25) is 0 Å². The third kappa shape index (κ3) is 2.26. The van der Waals surface area contributed by atoms with E-state index >= 15 is 0 Å². The first-order chi connectivity index (χ1) is 12.4. The molecular weight excluding hydrogens is 306 g/mol. The van der Waals surface area contributed by atoms with Crippen molar-refractivity contribution >= 4 is 0 Å². The summed E-state index contributed by atoms with van der Waals surface area (Å²) in [6.07, 6.45) is 0. The van der Waals surface area contributed by atoms with Gasteiger partial charge in [0.1, 0.15) is 12.4 Å². The van der Waals surface area contributed by atoms with Crippen LogP contribution in [0.3, 0.4) is 0 Å². The Morgan fingerprint density at radius 2 is 1.28 bits per heavy atom. The number of hydrogen-bond donors (Lipinski definition) is 1. The molecule has 120 valence electrons. The summed E-state index contributed by atoms with van der Waals surface area (Å²) in [5.74, 6) is 0.940. The Labute approximate surface area is 146 Å². The predicted octanol–water partition coefficient (Wildman–Crippen LogP) is 5.91. The second-order valence-corrected chi connectivity index (χ2v) is 6.25. The molecular formula is C23H17NO. The summed E-state index contributed by atoms with van der Waals surface area (Å²) in [4.78, 5) is 3.69. The van der Waals surface area contributed by atoms with E-state index in [9.17, 15) is 0 Å². The molecule has 0 unspecified atom stereocenters. The van der Waals surface area contributed by atoms with Gasteiger partial charge in [0, 0.05) is 16.7 Å². The lowest BCUT2D eigenvalue weighted by atomic mass is 9.95. The molecule has 0 saturated carbocycles. The number of para-hydroxylation sites is 1. The molecule has 4 aromatic rings. The summed E-state index contributed by atoms with van der Waals surface area (Å²) in [7, 11) is 0. The van der Waals surface area contributed by atoms with Gasteiger partial charge in [0.25, 0.3) is 0 Å². The molecule has 1 aliphatic rings. The first kappa shape index (κ1) is 14.1. The first-order valence-electron chi connectivity index (χ1n) is 8.50. The molecule has 0 aliphatic carbocycles. The number of fused-ring (bicyclic) bond motifs is 3. The molecule has 2 heterocycles. The maximum atomic E-state index is 6.04. The van der Waals surface area contributed by atoms with Crippen LogP contribution in [0.5, 0.6) is 5.75 Å². The average molecular weight is 323 g/mol. The van der Waals surface area contributed by atoms with E-state index in [-0.39, 0.29) is 0 Å². The second kappa shape index (κ2) is 5.67. The van der Waals surface area contributed by atoms with Gasteiger partial charge in [-0.15, -0.1) is 0 Å². The van der Waals surface area contributed by atoms with Crippen molar-refractivity contribution in [2.45, 2.75) is 6.61 Å². The standard InChI is InChI=1S/C23H17NO/c1-3-9-16(10-4-1)21-19-15-25-20-14-8-7-13-18(20)23(19)24-22(21)17-11-5-2-6-12-17/h1-14,24H,15H2. The van der Waals surface area contributed by atoms with Crippen molar-refractivity contribution < 1.29 is 4.74 Å². The van der Waals surface area contributed by atoms with E-state index in [1.807, 2.05) is 18.2 Å². The van der Waals surface area contributed by atoms with Crippen LogP contribution in [0.15, 0.2) is 84.9 Å². The number of rotatable bonds is 2. The Kier molecular flexibility index (Phi) is 3.20. The van der Waals surface area contributed by atoms with Crippen LogP contribution in [0.1, 0.15) is 5.56 Å². The summed E-state index contributed by atoms with van der Waals surface area (Å²) in [6, 6.07) is 29.3. The van der Waals surface area contributed by atoms with Crippen LogP contribution in [0.2, 0.25) is 0 Å². The van der Waals surface area contributed by atoms with E-state index in [1.165, 1.54) is 27.9 Å². The SMILES string of the molecule is c1ccc(-c2[nH]c3c(c2-c2ccccc2)COc2ccccc2-3)cc1. The molecule has 1 N–H and O–H groups in total. The number of benzene rings is 3. The van der Waals surface area contributed by atoms with E-state index in [4.69, 9.17) is 4.74 Å². The lowest BCUT2D eigenvalue weighted by Crippen LogP contribution is -2.04. The van der Waals surface area contributed by atoms with Gasteiger partial charge >= 0.3 is 0 Å². The number of nitrogens with one attached hydrogen (secondary N) is 1. The third-order valence-electron chi connectivity index (χ3n) is 4.76. The van der Waals surface area contributed by atoms with Crippen LogP contribution in [0, 0.1) is 0 Å². The molecule has 5 rings (SSSR count). The fourth-order valence-electron chi connectivity index (χ4n) is 3.61. The number of hydrogen-bond acceptors (Lipinski definition) is 1. The molecule has 2 nitrogen and oxygen atoms in total. The number of aromatic nitrogens is 1. The molecule has 3 aromatic carbocycles. The van der Waals surface area contributed by atoms with Crippen LogP contribution < -0.4 is 4.74 Å². The van der Waals surface area contributed by atoms with Gasteiger partial charge in [-0.25, -0.2) is 0 Å². The number of ether oxygens (including phenoxy) is 1. The fourth-order valence-corrected chi connectivity index (χ4v) is 3.61. The fraction of sp³-hybridized carbons (Fsp3) is 0.0435. The first-order valence-corrected chi connectivity index (χ1v) is 8.50. The zero-order valence-electron chi connectivity index (χ0n) is 13.7. The van der Waals surface area contributed by atoms with Gasteiger partial charge in [0.05, 0.1) is 11.4 Å². The van der Waals surface area contributed by atoms with Gasteiger partial charge in [0.15, 0.2) is 0 Å². The summed E-state index contributed by atoms with van der Waals surface area (Å²) < 4.78 is 6.04. The minimum Gasteiger partial charge on any atom is -0.488 e. The zero-order valence-corrected chi connectivity index (χ0v) is 13.7. The lowest BCUT2D eigenvalue weighted by Gasteiger charge is -2.18. The Morgan fingerprint density at radius 1 is 0.640 bits per heavy atom. The van der Waals surface area contributed by atoms with Crippen LogP contribution in [-0.4, -0.2) is 4.98 Å². The summed E-state index contributed by atoms with van der Waals surface area (Å²) >= 11 is 0. The molecule has 25 heavy (non-hydrogen) atoms. The quantitative estimate of drug-likeness (QED) is 0.487. The molecule has 1 aliphatic heterocycles. The van der Waals surface area contributed by atoms with E-state index < -0.39 is 0 Å². The highest BCUT2D eigenvalue weighted by atomic mass is 16.5. The Morgan fingerprint density at radius 3 is 2.04 bits per heavy atom. The van der Waals surface area contributed by atoms with Crippen molar-refractivity contribution in [3.05, 3.63) is 90.5 Å². The number of H-pyrrole nitrogens is 1. The summed E-state index contributed by atoms with van der Waals surface area (Å²) in [6.45, 7) is 0.583. The molecule has 0 bridgehead atoms. The van der Waals surface area contributed by atoms with Gasteiger partial charge in [-0.3, -0.25) is 0 Å². The third-order valence-corrected chi connectivity index (χ3v) is 4.76. The topological polar surface area (TPSA) is 25.0 Å². The molecule has 0 radical (unpaired) electrons. The van der Waals surface area contributed by atoms with Gasteiger partial charge < -0.3 is 9.72 Å². The molecule has 0 fully saturated rings. The highest BCUT2D eigenvalue weighted by Crippen LogP contribution is 2.45. The van der Waals surface area contributed by atoms with Crippen LogP contribution in [0.25, 0.3) is 33.6 Å². The van der Waals surface area contributed by atoms with Crippen molar-refractivity contribution in [1.82, 2.24) is 4.98 Å². The van der Waals surface area contributed by atoms with Crippen molar-refractivity contribution in [1.29, 1.82) is 0 Å². The molecule has 2 heteroatoms. The minimum atomic E-state index is 0.583. The van der Waals surface area contributed by atoms with Crippen molar-refractivity contribution in [3.63, 3.8) is 0 Å². The number of aromatic amines is 1. The maximum absolute atomic E-state index is 6.04. The van der Waals surface area contributed by atoms with Crippen LogP contribution in [0.4, 0.5) is 0 Å². The Hall–Kier alpha value is -3.26. The largest absolute Gasteiger partial charge is 0.488 e. The van der Waals surface area contributed by atoms with E-state index in [2.05, 4.69) is 71.7 Å². The molecule has 0 spiro atoms. The van der Waals surface area contributed by atoms with Crippen LogP contribution >= 0.6 is 0 Å². The van der Waals surface area contributed by atoms with Gasteiger partial charge in [-0.1, -0.05) is 72.8 Å². The van der Waals surface area contributed by atoms with E-state index in [1.54, 1.807) is 0 Å². The van der Waals surface area contributed by atoms with Crippen molar-refractivity contribution in [3.8, 4) is 39.4 Å². The second-order valence-electron chi connectivity index (χ2n) is 6.25. The average Bonchev–Trinajstić information content (AvgIpc) is 3.09. The van der Waals surface area contributed by atoms with E-state index in [0.717, 1.165) is 17.0 Å². The van der Waals surface area contributed by atoms with Gasteiger partial charge in [-0.2, -0.15) is 0 Å². The summed E-state index contributed by atoms with van der Waals surface area (Å²) in [5, 5.41) is 0. The molecule has 0 saturated heterocycles. The monoisotopic (exact) mass is 323 g/mol.